The van der Waals surface area contributed by atoms with Gasteiger partial charge in [-0.25, -0.2) is 9.67 Å². The maximum atomic E-state index is 5.79. The average molecular weight is 276 g/mol. The predicted octanol–water partition coefficient (Wildman–Crippen LogP) is 3.13. The lowest BCUT2D eigenvalue weighted by molar-refractivity contribution is 0.474. The molecule has 0 saturated carbocycles. The molecule has 0 spiro atoms. The van der Waals surface area contributed by atoms with E-state index in [-0.39, 0.29) is 0 Å². The highest BCUT2D eigenvalue weighted by molar-refractivity contribution is 5.73. The highest BCUT2D eigenvalue weighted by Gasteiger charge is 2.09. The summed E-state index contributed by atoms with van der Waals surface area (Å²) in [6.45, 7) is 0.466. The number of aromatic nitrogens is 4. The number of nitrogens with zero attached hydrogens (tertiary/aromatic N) is 4. The molecular weight excluding hydrogens is 264 g/mol. The molecule has 0 unspecified atom stereocenters. The Morgan fingerprint density at radius 2 is 1.76 bits per heavy atom. The zero-order chi connectivity index (χ0) is 14.1. The van der Waals surface area contributed by atoms with Crippen LogP contribution in [0.3, 0.4) is 0 Å². The Labute approximate surface area is 120 Å². The Hall–Kier alpha value is -2.95. The molecule has 4 aromatic rings. The van der Waals surface area contributed by atoms with Crippen LogP contribution in [0.15, 0.2) is 65.2 Å². The van der Waals surface area contributed by atoms with E-state index in [1.807, 2.05) is 54.6 Å². The standard InChI is InChI=1S/C16H12N4O/c1-2-6-12(7-3-1)15-10-17-16(21-15)11-20-14-9-5-4-8-13(14)18-19-20/h1-10H,11H2. The fraction of sp³-hybridized carbons (Fsp3) is 0.0625. The third-order valence-corrected chi connectivity index (χ3v) is 3.32. The summed E-state index contributed by atoms with van der Waals surface area (Å²) in [6, 6.07) is 17.7. The fourth-order valence-corrected chi connectivity index (χ4v) is 2.28. The van der Waals surface area contributed by atoms with Crippen LogP contribution in [0.5, 0.6) is 0 Å². The Balaban J connectivity index is 1.65. The van der Waals surface area contributed by atoms with Crippen LogP contribution < -0.4 is 0 Å². The molecule has 0 fully saturated rings. The van der Waals surface area contributed by atoms with Crippen molar-refractivity contribution in [2.75, 3.05) is 0 Å². The minimum Gasteiger partial charge on any atom is -0.439 e. The Morgan fingerprint density at radius 3 is 2.67 bits per heavy atom. The van der Waals surface area contributed by atoms with E-state index < -0.39 is 0 Å². The molecule has 0 N–H and O–H groups in total. The van der Waals surface area contributed by atoms with Gasteiger partial charge in [-0.1, -0.05) is 47.7 Å². The van der Waals surface area contributed by atoms with Crippen molar-refractivity contribution >= 4 is 11.0 Å². The highest BCUT2D eigenvalue weighted by Crippen LogP contribution is 2.20. The number of fused-ring (bicyclic) bond motifs is 1. The molecule has 21 heavy (non-hydrogen) atoms. The summed E-state index contributed by atoms with van der Waals surface area (Å²) >= 11 is 0. The summed E-state index contributed by atoms with van der Waals surface area (Å²) in [5.41, 5.74) is 2.85. The van der Waals surface area contributed by atoms with Crippen molar-refractivity contribution in [1.82, 2.24) is 20.0 Å². The Morgan fingerprint density at radius 1 is 0.952 bits per heavy atom. The quantitative estimate of drug-likeness (QED) is 0.577. The number of para-hydroxylation sites is 1. The van der Waals surface area contributed by atoms with Crippen molar-refractivity contribution in [1.29, 1.82) is 0 Å². The van der Waals surface area contributed by atoms with Gasteiger partial charge in [0.25, 0.3) is 0 Å². The molecule has 2 aromatic carbocycles. The van der Waals surface area contributed by atoms with Gasteiger partial charge in [-0.05, 0) is 12.1 Å². The van der Waals surface area contributed by atoms with Crippen LogP contribution in [0, 0.1) is 0 Å². The number of oxazole rings is 1. The molecule has 0 aliphatic heterocycles. The molecule has 4 rings (SSSR count). The van der Waals surface area contributed by atoms with E-state index in [2.05, 4.69) is 15.3 Å². The predicted molar refractivity (Wildman–Crippen MR) is 78.6 cm³/mol. The SMILES string of the molecule is c1ccc(-c2cnc(Cn3nnc4ccccc43)o2)cc1. The first-order chi connectivity index (χ1) is 10.4. The molecule has 0 saturated heterocycles. The Kier molecular flexibility index (Phi) is 2.74. The zero-order valence-corrected chi connectivity index (χ0v) is 11.2. The molecule has 102 valence electrons. The number of rotatable bonds is 3. The van der Waals surface area contributed by atoms with Crippen LogP contribution in [-0.2, 0) is 6.54 Å². The van der Waals surface area contributed by atoms with Gasteiger partial charge in [0.05, 0.1) is 11.7 Å². The lowest BCUT2D eigenvalue weighted by atomic mass is 10.2. The van der Waals surface area contributed by atoms with E-state index in [1.165, 1.54) is 0 Å². The van der Waals surface area contributed by atoms with E-state index in [4.69, 9.17) is 4.42 Å². The van der Waals surface area contributed by atoms with Crippen molar-refractivity contribution in [2.45, 2.75) is 6.54 Å². The van der Waals surface area contributed by atoms with Gasteiger partial charge in [0.1, 0.15) is 12.1 Å². The summed E-state index contributed by atoms with van der Waals surface area (Å²) in [4.78, 5) is 4.32. The molecule has 0 aliphatic rings. The molecule has 0 atom stereocenters. The molecule has 0 amide bonds. The topological polar surface area (TPSA) is 56.7 Å². The van der Waals surface area contributed by atoms with Crippen molar-refractivity contribution in [3.8, 4) is 11.3 Å². The Bertz CT molecular complexity index is 879. The number of benzene rings is 2. The second-order valence-corrected chi connectivity index (χ2v) is 4.72. The van der Waals surface area contributed by atoms with Crippen molar-refractivity contribution in [3.63, 3.8) is 0 Å². The first kappa shape index (κ1) is 11.8. The van der Waals surface area contributed by atoms with E-state index in [1.54, 1.807) is 10.9 Å². The van der Waals surface area contributed by atoms with Gasteiger partial charge in [0.2, 0.25) is 5.89 Å². The zero-order valence-electron chi connectivity index (χ0n) is 11.2. The first-order valence-electron chi connectivity index (χ1n) is 6.68. The van der Waals surface area contributed by atoms with Crippen LogP contribution in [0.4, 0.5) is 0 Å². The summed E-state index contributed by atoms with van der Waals surface area (Å²) in [5, 5.41) is 8.26. The van der Waals surface area contributed by atoms with Crippen molar-refractivity contribution < 1.29 is 4.42 Å². The van der Waals surface area contributed by atoms with Gasteiger partial charge in [0.15, 0.2) is 5.76 Å². The average Bonchev–Trinajstić information content (AvgIpc) is 3.17. The molecule has 2 heterocycles. The second-order valence-electron chi connectivity index (χ2n) is 4.72. The van der Waals surface area contributed by atoms with Gasteiger partial charge in [0, 0.05) is 5.56 Å². The summed E-state index contributed by atoms with van der Waals surface area (Å²) < 4.78 is 7.58. The van der Waals surface area contributed by atoms with Gasteiger partial charge in [-0.15, -0.1) is 5.10 Å². The minimum atomic E-state index is 0.466. The summed E-state index contributed by atoms with van der Waals surface area (Å²) in [5.74, 6) is 1.37. The monoisotopic (exact) mass is 276 g/mol. The van der Waals surface area contributed by atoms with Crippen LogP contribution in [-0.4, -0.2) is 20.0 Å². The maximum Gasteiger partial charge on any atom is 0.216 e. The number of hydrogen-bond acceptors (Lipinski definition) is 4. The van der Waals surface area contributed by atoms with Crippen LogP contribution in [0.25, 0.3) is 22.4 Å². The first-order valence-corrected chi connectivity index (χ1v) is 6.68. The number of hydrogen-bond donors (Lipinski definition) is 0. The van der Waals surface area contributed by atoms with Gasteiger partial charge < -0.3 is 4.42 Å². The minimum absolute atomic E-state index is 0.466. The fourth-order valence-electron chi connectivity index (χ4n) is 2.28. The summed E-state index contributed by atoms with van der Waals surface area (Å²) in [6.07, 6.45) is 1.74. The van der Waals surface area contributed by atoms with Crippen molar-refractivity contribution in [3.05, 3.63) is 66.7 Å². The van der Waals surface area contributed by atoms with Crippen LogP contribution >= 0.6 is 0 Å². The van der Waals surface area contributed by atoms with Crippen LogP contribution in [0.1, 0.15) is 5.89 Å². The van der Waals surface area contributed by atoms with E-state index in [0.29, 0.717) is 12.4 Å². The van der Waals surface area contributed by atoms with Gasteiger partial charge in [-0.3, -0.25) is 0 Å². The molecule has 0 bridgehead atoms. The molecule has 5 heteroatoms. The largest absolute Gasteiger partial charge is 0.439 e. The molecule has 5 nitrogen and oxygen atoms in total. The highest BCUT2D eigenvalue weighted by atomic mass is 16.4. The van der Waals surface area contributed by atoms with E-state index in [9.17, 15) is 0 Å². The smallest absolute Gasteiger partial charge is 0.216 e. The van der Waals surface area contributed by atoms with E-state index in [0.717, 1.165) is 22.4 Å². The lowest BCUT2D eigenvalue weighted by Crippen LogP contribution is -2.01. The second kappa shape index (κ2) is 4.86. The van der Waals surface area contributed by atoms with E-state index >= 15 is 0 Å². The third kappa shape index (κ3) is 2.18. The van der Waals surface area contributed by atoms with Gasteiger partial charge in [-0.2, -0.15) is 0 Å². The molecule has 2 aromatic heterocycles. The molecule has 0 radical (unpaired) electrons. The van der Waals surface area contributed by atoms with Crippen molar-refractivity contribution in [2.24, 2.45) is 0 Å². The van der Waals surface area contributed by atoms with Crippen LogP contribution in [0.2, 0.25) is 0 Å². The molecular formula is C16H12N4O. The van der Waals surface area contributed by atoms with Gasteiger partial charge >= 0.3 is 0 Å². The lowest BCUT2D eigenvalue weighted by Gasteiger charge is -1.98. The third-order valence-electron chi connectivity index (χ3n) is 3.32. The molecule has 0 aliphatic carbocycles. The summed E-state index contributed by atoms with van der Waals surface area (Å²) in [7, 11) is 0. The maximum absolute atomic E-state index is 5.79. The normalized spacial score (nSPS) is 11.0.